The minimum Gasteiger partial charge on any atom is -0.479 e. The number of benzene rings is 2. The molecule has 1 N–H and O–H groups in total. The summed E-state index contributed by atoms with van der Waals surface area (Å²) in [5, 5.41) is 15.1. The van der Waals surface area contributed by atoms with Gasteiger partial charge < -0.3 is 4.74 Å². The number of halogens is 2. The summed E-state index contributed by atoms with van der Waals surface area (Å²) >= 11 is 11.8. The minimum atomic E-state index is -0.840. The molecule has 9 heteroatoms. The van der Waals surface area contributed by atoms with Gasteiger partial charge in [0.25, 0.3) is 11.6 Å². The second-order valence-electron chi connectivity index (χ2n) is 4.92. The molecule has 0 saturated heterocycles. The smallest absolute Gasteiger partial charge is 0.280 e. The Balaban J connectivity index is 1.91. The van der Waals surface area contributed by atoms with Crippen molar-refractivity contribution in [2.24, 2.45) is 5.10 Å². The van der Waals surface area contributed by atoms with Crippen molar-refractivity contribution >= 4 is 41.0 Å². The summed E-state index contributed by atoms with van der Waals surface area (Å²) in [6.45, 7) is 1.54. The van der Waals surface area contributed by atoms with E-state index in [1.807, 2.05) is 0 Å². The van der Waals surface area contributed by atoms with Crippen LogP contribution in [0.4, 0.5) is 5.69 Å². The lowest BCUT2D eigenvalue weighted by Gasteiger charge is -2.14. The van der Waals surface area contributed by atoms with E-state index in [1.165, 1.54) is 36.5 Å². The maximum Gasteiger partial charge on any atom is 0.280 e. The second kappa shape index (κ2) is 8.46. The zero-order chi connectivity index (χ0) is 18.4. The number of hydrazone groups is 1. The number of nitro groups is 1. The lowest BCUT2D eigenvalue weighted by atomic mass is 10.2. The Bertz CT molecular complexity index is 810. The molecule has 0 fully saturated rings. The molecule has 0 radical (unpaired) electrons. The molecule has 0 saturated carbocycles. The summed E-state index contributed by atoms with van der Waals surface area (Å²) < 4.78 is 5.46. The summed E-state index contributed by atoms with van der Waals surface area (Å²) in [5.74, 6) is -0.155. The molecular weight excluding hydrogens is 369 g/mol. The number of non-ortho nitro benzene ring substituents is 1. The van der Waals surface area contributed by atoms with Crippen LogP contribution in [0.1, 0.15) is 12.5 Å². The van der Waals surface area contributed by atoms with E-state index in [4.69, 9.17) is 27.9 Å². The molecule has 2 rings (SSSR count). The number of carbonyl (C=O) groups excluding carboxylic acids is 1. The van der Waals surface area contributed by atoms with Crippen LogP contribution in [0.5, 0.6) is 5.75 Å². The average molecular weight is 382 g/mol. The largest absolute Gasteiger partial charge is 0.479 e. The quantitative estimate of drug-likeness (QED) is 0.467. The lowest BCUT2D eigenvalue weighted by molar-refractivity contribution is -0.384. The number of nitrogens with one attached hydrogen (secondary N) is 1. The zero-order valence-electron chi connectivity index (χ0n) is 13.0. The molecule has 1 atom stereocenters. The molecular formula is C16H13Cl2N3O4. The van der Waals surface area contributed by atoms with Gasteiger partial charge in [-0.05, 0) is 42.8 Å². The van der Waals surface area contributed by atoms with Gasteiger partial charge in [-0.15, -0.1) is 0 Å². The van der Waals surface area contributed by atoms with Gasteiger partial charge in [0.15, 0.2) is 6.10 Å². The van der Waals surface area contributed by atoms with Crippen LogP contribution in [0, 0.1) is 10.1 Å². The van der Waals surface area contributed by atoms with E-state index in [1.54, 1.807) is 19.1 Å². The fourth-order valence-corrected chi connectivity index (χ4v) is 2.21. The maximum absolute atomic E-state index is 12.0. The van der Waals surface area contributed by atoms with Crippen LogP contribution in [0.2, 0.25) is 10.0 Å². The average Bonchev–Trinajstić information content (AvgIpc) is 2.57. The first-order valence-corrected chi connectivity index (χ1v) is 7.81. The van der Waals surface area contributed by atoms with Crippen molar-refractivity contribution in [3.63, 3.8) is 0 Å². The first-order chi connectivity index (χ1) is 11.9. The fraction of sp³-hybridized carbons (Fsp3) is 0.125. The first kappa shape index (κ1) is 18.7. The van der Waals surface area contributed by atoms with E-state index in [-0.39, 0.29) is 5.69 Å². The third kappa shape index (κ3) is 5.44. The van der Waals surface area contributed by atoms with Crippen LogP contribution < -0.4 is 10.2 Å². The van der Waals surface area contributed by atoms with Gasteiger partial charge in [-0.1, -0.05) is 23.2 Å². The number of ether oxygens (including phenoxy) is 1. The Labute approximate surface area is 153 Å². The molecule has 0 heterocycles. The number of hydrogen-bond donors (Lipinski definition) is 1. The van der Waals surface area contributed by atoms with Gasteiger partial charge in [0.2, 0.25) is 0 Å². The van der Waals surface area contributed by atoms with E-state index in [0.29, 0.717) is 21.4 Å². The Morgan fingerprint density at radius 2 is 1.96 bits per heavy atom. The Kier molecular flexibility index (Phi) is 6.32. The van der Waals surface area contributed by atoms with Gasteiger partial charge in [0.05, 0.1) is 16.2 Å². The monoisotopic (exact) mass is 381 g/mol. The molecule has 0 spiro atoms. The highest BCUT2D eigenvalue weighted by atomic mass is 35.5. The SMILES string of the molecule is C[C@@H](Oc1ccc(Cl)cc1Cl)C(=O)N/N=C\c1ccc([N+](=O)[O-])cc1. The van der Waals surface area contributed by atoms with Crippen LogP contribution in [0.25, 0.3) is 0 Å². The van der Waals surface area contributed by atoms with Crippen LogP contribution in [-0.2, 0) is 4.79 Å². The predicted molar refractivity (Wildman–Crippen MR) is 95.4 cm³/mol. The highest BCUT2D eigenvalue weighted by Crippen LogP contribution is 2.28. The van der Waals surface area contributed by atoms with Gasteiger partial charge in [0, 0.05) is 17.2 Å². The van der Waals surface area contributed by atoms with Gasteiger partial charge in [-0.25, -0.2) is 5.43 Å². The Morgan fingerprint density at radius 3 is 2.56 bits per heavy atom. The van der Waals surface area contributed by atoms with Gasteiger partial charge in [-0.2, -0.15) is 5.10 Å². The molecule has 0 aromatic heterocycles. The first-order valence-electron chi connectivity index (χ1n) is 7.06. The molecule has 2 aromatic rings. The summed E-state index contributed by atoms with van der Waals surface area (Å²) in [6.07, 6.45) is 0.525. The van der Waals surface area contributed by atoms with Gasteiger partial charge in [-0.3, -0.25) is 14.9 Å². The van der Waals surface area contributed by atoms with Gasteiger partial charge >= 0.3 is 0 Å². The number of nitrogens with zero attached hydrogens (tertiary/aromatic N) is 2. The summed E-state index contributed by atoms with van der Waals surface area (Å²) in [6, 6.07) is 10.4. The van der Waals surface area contributed by atoms with Crippen molar-refractivity contribution in [3.8, 4) is 5.75 Å². The molecule has 130 valence electrons. The van der Waals surface area contributed by atoms with Crippen LogP contribution >= 0.6 is 23.2 Å². The van der Waals surface area contributed by atoms with Crippen molar-refractivity contribution in [2.75, 3.05) is 0 Å². The fourth-order valence-electron chi connectivity index (χ4n) is 1.76. The summed E-state index contributed by atoms with van der Waals surface area (Å²) in [7, 11) is 0. The van der Waals surface area contributed by atoms with Crippen molar-refractivity contribution in [1.82, 2.24) is 5.43 Å². The van der Waals surface area contributed by atoms with Gasteiger partial charge in [0.1, 0.15) is 5.75 Å². The van der Waals surface area contributed by atoms with Crippen LogP contribution in [0.3, 0.4) is 0 Å². The lowest BCUT2D eigenvalue weighted by Crippen LogP contribution is -2.33. The molecule has 25 heavy (non-hydrogen) atoms. The molecule has 0 aliphatic carbocycles. The van der Waals surface area contributed by atoms with E-state index in [9.17, 15) is 14.9 Å². The summed E-state index contributed by atoms with van der Waals surface area (Å²) in [5.41, 5.74) is 2.89. The number of hydrogen-bond acceptors (Lipinski definition) is 5. The molecule has 2 aromatic carbocycles. The molecule has 0 aliphatic rings. The minimum absolute atomic E-state index is 0.0250. The maximum atomic E-state index is 12.0. The van der Waals surface area contributed by atoms with Crippen molar-refractivity contribution < 1.29 is 14.5 Å². The van der Waals surface area contributed by atoms with Crippen molar-refractivity contribution in [1.29, 1.82) is 0 Å². The third-order valence-electron chi connectivity index (χ3n) is 3.06. The second-order valence-corrected chi connectivity index (χ2v) is 5.76. The zero-order valence-corrected chi connectivity index (χ0v) is 14.5. The standard InChI is InChI=1S/C16H13Cl2N3O4/c1-10(25-15-7-4-12(17)8-14(15)18)16(22)20-19-9-11-2-5-13(6-3-11)21(23)24/h2-10H,1H3,(H,20,22)/b19-9-/t10-/m1/s1. The predicted octanol–water partition coefficient (Wildman–Crippen LogP) is 3.82. The van der Waals surface area contributed by atoms with Crippen molar-refractivity contribution in [3.05, 3.63) is 68.2 Å². The molecule has 0 unspecified atom stereocenters. The van der Waals surface area contributed by atoms with Crippen LogP contribution in [0.15, 0.2) is 47.6 Å². The number of carbonyl (C=O) groups is 1. The molecule has 0 bridgehead atoms. The Hall–Kier alpha value is -2.64. The number of rotatable bonds is 6. The third-order valence-corrected chi connectivity index (χ3v) is 3.59. The highest BCUT2D eigenvalue weighted by molar-refractivity contribution is 6.35. The van der Waals surface area contributed by atoms with E-state index in [0.717, 1.165) is 0 Å². The number of nitro benzene ring substituents is 1. The van der Waals surface area contributed by atoms with E-state index < -0.39 is 16.9 Å². The molecule has 0 aliphatic heterocycles. The van der Waals surface area contributed by atoms with E-state index in [2.05, 4.69) is 10.5 Å². The topological polar surface area (TPSA) is 93.8 Å². The normalized spacial score (nSPS) is 12.0. The summed E-state index contributed by atoms with van der Waals surface area (Å²) in [4.78, 5) is 22.0. The molecule has 1 amide bonds. The highest BCUT2D eigenvalue weighted by Gasteiger charge is 2.15. The van der Waals surface area contributed by atoms with Crippen LogP contribution in [-0.4, -0.2) is 23.1 Å². The van der Waals surface area contributed by atoms with E-state index >= 15 is 0 Å². The Morgan fingerprint density at radius 1 is 1.28 bits per heavy atom. The van der Waals surface area contributed by atoms with Crippen molar-refractivity contribution in [2.45, 2.75) is 13.0 Å². The number of amides is 1. The molecule has 7 nitrogen and oxygen atoms in total.